The highest BCUT2D eigenvalue weighted by molar-refractivity contribution is 5.84. The molecule has 3 heterocycles. The molecular weight excluding hydrogens is 582 g/mol. The molecule has 3 spiro atoms. The molecule has 0 aromatic heterocycles. The average molecular weight is 611 g/mol. The summed E-state index contributed by atoms with van der Waals surface area (Å²) < 4.78 is 110. The summed E-state index contributed by atoms with van der Waals surface area (Å²) in [5.41, 5.74) is 0.254. The monoisotopic (exact) mass is 610 g/mol. The van der Waals surface area contributed by atoms with Crippen LogP contribution >= 0.6 is 0 Å². The van der Waals surface area contributed by atoms with E-state index < -0.39 is 78.8 Å². The first-order valence-corrected chi connectivity index (χ1v) is 14.3. The van der Waals surface area contributed by atoms with Crippen molar-refractivity contribution in [2.45, 2.75) is 107 Å². The first kappa shape index (κ1) is 27.4. The second kappa shape index (κ2) is 8.12. The Hall–Kier alpha value is -2.13. The molecule has 3 saturated heterocycles. The molecule has 8 fully saturated rings. The summed E-state index contributed by atoms with van der Waals surface area (Å²) in [6.45, 7) is 2.24. The van der Waals surface area contributed by atoms with Gasteiger partial charge in [-0.25, -0.2) is 4.79 Å². The molecule has 0 aromatic rings. The maximum Gasteiger partial charge on any atom is 0.434 e. The normalized spacial score (nSPS) is 51.2. The van der Waals surface area contributed by atoms with E-state index in [1.165, 1.54) is 0 Å². The zero-order valence-electron chi connectivity index (χ0n) is 22.2. The lowest BCUT2D eigenvalue weighted by atomic mass is 9.85. The largest absolute Gasteiger partial charge is 0.454 e. The summed E-state index contributed by atoms with van der Waals surface area (Å²) >= 11 is 0. The third kappa shape index (κ3) is 3.58. The Kier molecular flexibility index (Phi) is 5.30. The predicted octanol–water partition coefficient (Wildman–Crippen LogP) is 3.57. The molecule has 8 rings (SSSR count). The smallest absolute Gasteiger partial charge is 0.434 e. The Morgan fingerprint density at radius 1 is 0.929 bits per heavy atom. The third-order valence-electron chi connectivity index (χ3n) is 11.7. The van der Waals surface area contributed by atoms with Crippen molar-refractivity contribution in [1.29, 1.82) is 0 Å². The molecule has 8 aliphatic rings. The van der Waals surface area contributed by atoms with Gasteiger partial charge in [-0.05, 0) is 60.7 Å². The van der Waals surface area contributed by atoms with Crippen LogP contribution < -0.4 is 0 Å². The van der Waals surface area contributed by atoms with Crippen LogP contribution in [0.25, 0.3) is 0 Å². The number of carbonyl (C=O) groups is 3. The lowest BCUT2D eigenvalue weighted by Gasteiger charge is -2.36. The number of hydrogen-bond acceptors (Lipinski definition) is 9. The number of fused-ring (bicyclic) bond motifs is 4. The van der Waals surface area contributed by atoms with Gasteiger partial charge in [-0.2, -0.15) is 26.3 Å². The summed E-state index contributed by atoms with van der Waals surface area (Å²) in [4.78, 5) is 38.2. The molecule has 5 aliphatic carbocycles. The molecule has 42 heavy (non-hydrogen) atoms. The number of ether oxygens (including phenoxy) is 6. The Morgan fingerprint density at radius 3 is 2.24 bits per heavy atom. The summed E-state index contributed by atoms with van der Waals surface area (Å²) in [5.74, 6) is -3.66. The quantitative estimate of drug-likeness (QED) is 0.268. The second-order valence-corrected chi connectivity index (χ2v) is 13.5. The van der Waals surface area contributed by atoms with Crippen LogP contribution in [0.15, 0.2) is 0 Å². The van der Waals surface area contributed by atoms with Gasteiger partial charge in [-0.15, -0.1) is 0 Å². The first-order valence-electron chi connectivity index (χ1n) is 14.3. The Balaban J connectivity index is 0.873. The van der Waals surface area contributed by atoms with Gasteiger partial charge in [-0.3, -0.25) is 9.59 Å². The minimum absolute atomic E-state index is 0.00742. The number of esters is 3. The Morgan fingerprint density at radius 2 is 1.62 bits per heavy atom. The molecule has 5 saturated carbocycles. The lowest BCUT2D eigenvalue weighted by molar-refractivity contribution is -0.315. The van der Waals surface area contributed by atoms with Gasteiger partial charge in [0.15, 0.2) is 24.3 Å². The minimum atomic E-state index is -5.80. The third-order valence-corrected chi connectivity index (χ3v) is 11.7. The summed E-state index contributed by atoms with van der Waals surface area (Å²) in [5, 5.41) is 0. The molecule has 2 bridgehead atoms. The van der Waals surface area contributed by atoms with Gasteiger partial charge in [0.25, 0.3) is 6.10 Å². The van der Waals surface area contributed by atoms with Crippen molar-refractivity contribution in [3.8, 4) is 0 Å². The van der Waals surface area contributed by atoms with Gasteiger partial charge in [-0.1, -0.05) is 6.92 Å². The molecule has 0 aromatic carbocycles. The topological polar surface area (TPSA) is 107 Å². The summed E-state index contributed by atoms with van der Waals surface area (Å²) in [6, 6.07) is 0. The van der Waals surface area contributed by atoms with E-state index in [0.29, 0.717) is 17.8 Å². The van der Waals surface area contributed by atoms with Crippen LogP contribution in [0.5, 0.6) is 0 Å². The van der Waals surface area contributed by atoms with Gasteiger partial charge in [0.05, 0.1) is 11.8 Å². The highest BCUT2D eigenvalue weighted by Crippen LogP contribution is 2.93. The Bertz CT molecular complexity index is 1230. The van der Waals surface area contributed by atoms with Crippen LogP contribution in [0, 0.1) is 40.4 Å². The van der Waals surface area contributed by atoms with Crippen LogP contribution in [0.2, 0.25) is 0 Å². The predicted molar refractivity (Wildman–Crippen MR) is 119 cm³/mol. The fourth-order valence-corrected chi connectivity index (χ4v) is 9.69. The van der Waals surface area contributed by atoms with Gasteiger partial charge in [0.2, 0.25) is 6.10 Å². The minimum Gasteiger partial charge on any atom is -0.454 e. The molecule has 0 radical (unpaired) electrons. The van der Waals surface area contributed by atoms with E-state index in [1.807, 2.05) is 0 Å². The van der Waals surface area contributed by atoms with Crippen LogP contribution in [-0.4, -0.2) is 72.9 Å². The van der Waals surface area contributed by atoms with Gasteiger partial charge >= 0.3 is 30.3 Å². The van der Waals surface area contributed by atoms with E-state index in [2.05, 4.69) is 11.7 Å². The van der Waals surface area contributed by atoms with Gasteiger partial charge in [0, 0.05) is 12.8 Å². The van der Waals surface area contributed by atoms with E-state index in [-0.39, 0.29) is 42.4 Å². The second-order valence-electron chi connectivity index (χ2n) is 13.5. The number of alkyl halides is 6. The molecule has 0 amide bonds. The number of hydrogen-bond donors (Lipinski definition) is 0. The standard InChI is InChI=1S/C27H28F6O9/c1-9-13-11-6-24(11)8-23(9,13)7-12(24)19(35)38-16-14-15(37-20(16)36)17-21(39-14)42-25(41-17)4-2-10(3-5-25)18(34)40-22(26(28,29)30)27(31,32)33/h9-17,21-22H,2-8H2,1H3. The molecule has 3 aliphatic heterocycles. The van der Waals surface area contributed by atoms with Crippen molar-refractivity contribution in [2.75, 3.05) is 0 Å². The van der Waals surface area contributed by atoms with Crippen molar-refractivity contribution in [3.63, 3.8) is 0 Å². The SMILES string of the molecule is CC1C2C3CC34CC12CC4C(=O)OC1C(=O)OC2C3OC4(CCC(C(=O)OC(C(F)(F)F)C(F)(F)F)CC4)OC3OC12. The fraction of sp³-hybridized carbons (Fsp3) is 0.889. The van der Waals surface area contributed by atoms with Crippen molar-refractivity contribution in [2.24, 2.45) is 40.4 Å². The first-order chi connectivity index (χ1) is 19.6. The Labute approximate surface area is 234 Å². The average Bonchev–Trinajstić information content (AvgIpc) is 3.36. The molecule has 9 nitrogen and oxygen atoms in total. The van der Waals surface area contributed by atoms with Crippen LogP contribution in [-0.2, 0) is 42.8 Å². The molecule has 15 heteroatoms. The van der Waals surface area contributed by atoms with E-state index in [4.69, 9.17) is 23.7 Å². The number of rotatable bonds is 4. The molecule has 11 atom stereocenters. The van der Waals surface area contributed by atoms with E-state index in [1.54, 1.807) is 0 Å². The zero-order chi connectivity index (χ0) is 29.8. The van der Waals surface area contributed by atoms with Crippen LogP contribution in [0.3, 0.4) is 0 Å². The lowest BCUT2D eigenvalue weighted by Crippen LogP contribution is -2.47. The van der Waals surface area contributed by atoms with E-state index >= 15 is 0 Å². The van der Waals surface area contributed by atoms with Crippen molar-refractivity contribution in [3.05, 3.63) is 0 Å². The van der Waals surface area contributed by atoms with Crippen LogP contribution in [0.4, 0.5) is 26.3 Å². The number of halogens is 6. The summed E-state index contributed by atoms with van der Waals surface area (Å²) in [6.07, 6.45) is -18.4. The molecule has 232 valence electrons. The van der Waals surface area contributed by atoms with Crippen molar-refractivity contribution >= 4 is 17.9 Å². The molecular formula is C27H28F6O9. The van der Waals surface area contributed by atoms with Gasteiger partial charge in [0.1, 0.15) is 6.10 Å². The van der Waals surface area contributed by atoms with E-state index in [9.17, 15) is 40.7 Å². The molecule has 0 N–H and O–H groups in total. The maximum atomic E-state index is 13.3. The van der Waals surface area contributed by atoms with E-state index in [0.717, 1.165) is 19.3 Å². The number of carbonyl (C=O) groups excluding carboxylic acids is 3. The zero-order valence-corrected chi connectivity index (χ0v) is 22.2. The highest BCUT2D eigenvalue weighted by atomic mass is 19.4. The highest BCUT2D eigenvalue weighted by Gasteiger charge is 2.88. The molecule has 11 unspecified atom stereocenters. The van der Waals surface area contributed by atoms with Crippen molar-refractivity contribution < 1.29 is 69.1 Å². The fourth-order valence-electron chi connectivity index (χ4n) is 9.69. The summed E-state index contributed by atoms with van der Waals surface area (Å²) in [7, 11) is 0. The van der Waals surface area contributed by atoms with Gasteiger partial charge < -0.3 is 28.4 Å². The van der Waals surface area contributed by atoms with Crippen molar-refractivity contribution in [1.82, 2.24) is 0 Å². The maximum absolute atomic E-state index is 13.3. The van der Waals surface area contributed by atoms with Crippen LogP contribution in [0.1, 0.15) is 51.9 Å².